The van der Waals surface area contributed by atoms with E-state index in [1.54, 1.807) is 18.2 Å². The molecule has 108 valence electrons. The van der Waals surface area contributed by atoms with E-state index in [1.165, 1.54) is 18.2 Å². The van der Waals surface area contributed by atoms with Crippen LogP contribution in [0.4, 0.5) is 5.69 Å². The van der Waals surface area contributed by atoms with Crippen LogP contribution in [-0.2, 0) is 0 Å². The van der Waals surface area contributed by atoms with E-state index in [9.17, 15) is 14.7 Å². The van der Waals surface area contributed by atoms with Gasteiger partial charge in [-0.15, -0.1) is 0 Å². The molecule has 7 heteroatoms. The molecular weight excluding hydrogens is 406 g/mol. The highest BCUT2D eigenvalue weighted by Crippen LogP contribution is 2.26. The number of anilines is 1. The predicted octanol–water partition coefficient (Wildman–Crippen LogP) is 3.87. The molecule has 0 atom stereocenters. The SMILES string of the molecule is O=C(O)c1ccc(O)c(NC(=O)c2cc(Br)cc(Br)c2)c1. The molecule has 0 unspecified atom stereocenters. The molecular formula is C14H9Br2NO4. The molecule has 0 aliphatic carbocycles. The third-order valence-electron chi connectivity index (χ3n) is 2.62. The summed E-state index contributed by atoms with van der Waals surface area (Å²) >= 11 is 6.55. The summed E-state index contributed by atoms with van der Waals surface area (Å²) in [5.74, 6) is -1.81. The van der Waals surface area contributed by atoms with Gasteiger partial charge >= 0.3 is 5.97 Å². The lowest BCUT2D eigenvalue weighted by atomic mass is 10.1. The molecule has 0 heterocycles. The zero-order chi connectivity index (χ0) is 15.6. The number of amides is 1. The minimum Gasteiger partial charge on any atom is -0.506 e. The lowest BCUT2D eigenvalue weighted by molar-refractivity contribution is 0.0696. The maximum atomic E-state index is 12.1. The van der Waals surface area contributed by atoms with Gasteiger partial charge in [0.15, 0.2) is 0 Å². The molecule has 0 aliphatic heterocycles. The number of halogens is 2. The number of rotatable bonds is 3. The van der Waals surface area contributed by atoms with Crippen LogP contribution in [0.2, 0.25) is 0 Å². The van der Waals surface area contributed by atoms with Crippen molar-refractivity contribution >= 4 is 49.4 Å². The lowest BCUT2D eigenvalue weighted by Gasteiger charge is -2.09. The van der Waals surface area contributed by atoms with E-state index < -0.39 is 11.9 Å². The second-order valence-corrected chi connectivity index (χ2v) is 5.98. The normalized spacial score (nSPS) is 10.2. The molecule has 1 amide bonds. The molecule has 0 radical (unpaired) electrons. The van der Waals surface area contributed by atoms with Gasteiger partial charge in [0, 0.05) is 14.5 Å². The molecule has 2 rings (SSSR count). The fraction of sp³-hybridized carbons (Fsp3) is 0. The molecule has 0 bridgehead atoms. The van der Waals surface area contributed by atoms with Crippen molar-refractivity contribution in [2.24, 2.45) is 0 Å². The molecule has 0 saturated heterocycles. The van der Waals surface area contributed by atoms with Gasteiger partial charge in [0.05, 0.1) is 11.3 Å². The average Bonchev–Trinajstić information content (AvgIpc) is 2.39. The molecule has 0 aliphatic rings. The van der Waals surface area contributed by atoms with Gasteiger partial charge in [0.2, 0.25) is 0 Å². The number of hydrogen-bond donors (Lipinski definition) is 3. The highest BCUT2D eigenvalue weighted by molar-refractivity contribution is 9.11. The molecule has 2 aromatic carbocycles. The predicted molar refractivity (Wildman–Crippen MR) is 84.9 cm³/mol. The van der Waals surface area contributed by atoms with Crippen molar-refractivity contribution in [3.63, 3.8) is 0 Å². The largest absolute Gasteiger partial charge is 0.506 e. The summed E-state index contributed by atoms with van der Waals surface area (Å²) < 4.78 is 1.43. The van der Waals surface area contributed by atoms with Gasteiger partial charge < -0.3 is 15.5 Å². The number of carbonyl (C=O) groups is 2. The maximum Gasteiger partial charge on any atom is 0.335 e. The van der Waals surface area contributed by atoms with Gasteiger partial charge in [-0.2, -0.15) is 0 Å². The highest BCUT2D eigenvalue weighted by atomic mass is 79.9. The monoisotopic (exact) mass is 413 g/mol. The number of carboxylic acid groups (broad SMARTS) is 1. The van der Waals surface area contributed by atoms with Crippen LogP contribution >= 0.6 is 31.9 Å². The summed E-state index contributed by atoms with van der Waals surface area (Å²) in [6.45, 7) is 0. The van der Waals surface area contributed by atoms with Crippen molar-refractivity contribution in [3.8, 4) is 5.75 Å². The minimum absolute atomic E-state index is 0.0291. The van der Waals surface area contributed by atoms with E-state index >= 15 is 0 Å². The number of phenols is 1. The van der Waals surface area contributed by atoms with Gasteiger partial charge in [-0.1, -0.05) is 31.9 Å². The summed E-state index contributed by atoms with van der Waals surface area (Å²) in [5.41, 5.74) is 0.367. The molecule has 0 spiro atoms. The average molecular weight is 415 g/mol. The quantitative estimate of drug-likeness (QED) is 0.665. The van der Waals surface area contributed by atoms with Crippen LogP contribution in [0, 0.1) is 0 Å². The summed E-state index contributed by atoms with van der Waals surface area (Å²) in [5, 5.41) is 21.1. The van der Waals surface area contributed by atoms with Crippen molar-refractivity contribution in [3.05, 3.63) is 56.5 Å². The molecule has 2 aromatic rings. The first kappa shape index (κ1) is 15.5. The lowest BCUT2D eigenvalue weighted by Crippen LogP contribution is -2.12. The zero-order valence-electron chi connectivity index (χ0n) is 10.4. The van der Waals surface area contributed by atoms with Crippen molar-refractivity contribution in [1.29, 1.82) is 0 Å². The Balaban J connectivity index is 2.31. The van der Waals surface area contributed by atoms with Gasteiger partial charge in [-0.3, -0.25) is 4.79 Å². The molecule has 0 aromatic heterocycles. The van der Waals surface area contributed by atoms with Gasteiger partial charge in [-0.25, -0.2) is 4.79 Å². The Kier molecular flexibility index (Phi) is 4.64. The second kappa shape index (κ2) is 6.28. The Morgan fingerprint density at radius 1 is 0.952 bits per heavy atom. The van der Waals surface area contributed by atoms with Crippen LogP contribution in [-0.4, -0.2) is 22.1 Å². The van der Waals surface area contributed by atoms with E-state index in [0.717, 1.165) is 0 Å². The van der Waals surface area contributed by atoms with Crippen LogP contribution in [0.15, 0.2) is 45.3 Å². The number of carbonyl (C=O) groups excluding carboxylic acids is 1. The Labute approximate surface area is 136 Å². The molecule has 0 fully saturated rings. The Morgan fingerprint density at radius 3 is 2.14 bits per heavy atom. The summed E-state index contributed by atoms with van der Waals surface area (Å²) in [6.07, 6.45) is 0. The summed E-state index contributed by atoms with van der Waals surface area (Å²) in [4.78, 5) is 23.0. The van der Waals surface area contributed by atoms with Crippen LogP contribution in [0.3, 0.4) is 0 Å². The smallest absolute Gasteiger partial charge is 0.335 e. The van der Waals surface area contributed by atoms with Crippen molar-refractivity contribution in [1.82, 2.24) is 0 Å². The zero-order valence-corrected chi connectivity index (χ0v) is 13.6. The number of carboxylic acids is 1. The first-order chi connectivity index (χ1) is 9.86. The highest BCUT2D eigenvalue weighted by Gasteiger charge is 2.13. The number of phenolic OH excluding ortho intramolecular Hbond substituents is 1. The van der Waals surface area contributed by atoms with E-state index in [2.05, 4.69) is 37.2 Å². The van der Waals surface area contributed by atoms with E-state index in [0.29, 0.717) is 14.5 Å². The number of nitrogens with one attached hydrogen (secondary N) is 1. The fourth-order valence-electron chi connectivity index (χ4n) is 1.65. The van der Waals surface area contributed by atoms with E-state index in [1.807, 2.05) is 0 Å². The van der Waals surface area contributed by atoms with Crippen LogP contribution < -0.4 is 5.32 Å². The minimum atomic E-state index is -1.14. The number of hydrogen-bond acceptors (Lipinski definition) is 3. The third kappa shape index (κ3) is 3.83. The van der Waals surface area contributed by atoms with Crippen LogP contribution in [0.25, 0.3) is 0 Å². The van der Waals surface area contributed by atoms with Crippen LogP contribution in [0.5, 0.6) is 5.75 Å². The first-order valence-electron chi connectivity index (χ1n) is 5.70. The van der Waals surface area contributed by atoms with Crippen molar-refractivity contribution < 1.29 is 19.8 Å². The van der Waals surface area contributed by atoms with Crippen molar-refractivity contribution in [2.75, 3.05) is 5.32 Å². The maximum absolute atomic E-state index is 12.1. The van der Waals surface area contributed by atoms with Gasteiger partial charge in [0.1, 0.15) is 5.75 Å². The second-order valence-electron chi connectivity index (χ2n) is 4.15. The van der Waals surface area contributed by atoms with E-state index in [-0.39, 0.29) is 17.0 Å². The number of benzene rings is 2. The Hall–Kier alpha value is -1.86. The molecule has 3 N–H and O–H groups in total. The molecule has 0 saturated carbocycles. The van der Waals surface area contributed by atoms with Crippen LogP contribution in [0.1, 0.15) is 20.7 Å². The fourth-order valence-corrected chi connectivity index (χ4v) is 2.94. The first-order valence-corrected chi connectivity index (χ1v) is 7.29. The summed E-state index contributed by atoms with van der Waals surface area (Å²) in [6, 6.07) is 8.66. The standard InChI is InChI=1S/C14H9Br2NO4/c15-9-3-8(4-10(16)6-9)13(19)17-11-5-7(14(20)21)1-2-12(11)18/h1-6,18H,(H,17,19)(H,20,21). The van der Waals surface area contributed by atoms with E-state index in [4.69, 9.17) is 5.11 Å². The summed E-state index contributed by atoms with van der Waals surface area (Å²) in [7, 11) is 0. The van der Waals surface area contributed by atoms with Gasteiger partial charge in [-0.05, 0) is 36.4 Å². The molecule has 21 heavy (non-hydrogen) atoms. The Bertz CT molecular complexity index is 711. The topological polar surface area (TPSA) is 86.6 Å². The number of aromatic carboxylic acids is 1. The van der Waals surface area contributed by atoms with Crippen molar-refractivity contribution in [2.45, 2.75) is 0 Å². The third-order valence-corrected chi connectivity index (χ3v) is 3.53. The number of aromatic hydroxyl groups is 1. The van der Waals surface area contributed by atoms with Gasteiger partial charge in [0.25, 0.3) is 5.91 Å². The molecule has 5 nitrogen and oxygen atoms in total. The Morgan fingerprint density at radius 2 is 1.57 bits per heavy atom.